The van der Waals surface area contributed by atoms with Gasteiger partial charge in [-0.15, -0.1) is 0 Å². The molecule has 4 aliphatic rings. The fourth-order valence-electron chi connectivity index (χ4n) is 15.7. The molecule has 0 N–H and O–H groups in total. The van der Waals surface area contributed by atoms with Crippen molar-refractivity contribution in [2.75, 3.05) is 0 Å². The van der Waals surface area contributed by atoms with Crippen LogP contribution >= 0.6 is 0 Å². The highest BCUT2D eigenvalue weighted by molar-refractivity contribution is 6.02. The quantitative estimate of drug-likeness (QED) is 0.166. The Morgan fingerprint density at radius 3 is 0.943 bits per heavy atom. The van der Waals surface area contributed by atoms with Crippen molar-refractivity contribution < 1.29 is 4.42 Å². The van der Waals surface area contributed by atoms with Gasteiger partial charge in [-0.2, -0.15) is 0 Å². The SMILES string of the molecule is c1ccc(-c2nc3cc(-c4ccc5c(c4)C4(c6ccccc6-c6ccccc64)c4ccccc4-5)c(-c4ccc5c(c4)C4(c6ccccc6-c6ccccc64)c4ccccc4-5)cc3nc2-c2ccc(-c3ccc(-c4nc5ccccc5o4)cc3)cc2)cc1. The summed E-state index contributed by atoms with van der Waals surface area (Å²) in [5, 5.41) is 0. The first-order chi connectivity index (χ1) is 43.1. The third-order valence-corrected chi connectivity index (χ3v) is 19.4. The van der Waals surface area contributed by atoms with E-state index in [0.717, 1.165) is 83.6 Å². The third kappa shape index (κ3) is 6.64. The largest absolute Gasteiger partial charge is 0.436 e. The van der Waals surface area contributed by atoms with Crippen molar-refractivity contribution in [3.63, 3.8) is 0 Å². The summed E-state index contributed by atoms with van der Waals surface area (Å²) >= 11 is 0. The summed E-state index contributed by atoms with van der Waals surface area (Å²) in [7, 11) is 0. The van der Waals surface area contributed by atoms with E-state index in [0.29, 0.717) is 5.89 Å². The first kappa shape index (κ1) is 48.1. The van der Waals surface area contributed by atoms with Crippen molar-refractivity contribution >= 4 is 22.1 Å². The van der Waals surface area contributed by atoms with Gasteiger partial charge in [-0.05, 0) is 171 Å². The summed E-state index contributed by atoms with van der Waals surface area (Å²) < 4.78 is 6.12. The standard InChI is InChI=1S/C83H49N3O/c1-2-18-52(19-3-1)79-80(53-38-34-50(35-39-53)51-36-40-54(41-37-51)81-86-75-32-16-17-33-78(75)87-81)85-77-49-66(56-43-45-64-62-25-9-15-31-72(62)83(74(64)47-56)69-28-12-6-22-59(69)60-23-7-13-29-70(60)83)65(48-76(77)84-79)55-42-44-63-61-24-8-14-30-71(61)82(73(63)46-55)67-26-10-4-20-57(67)58-21-5-11-27-68(58)82/h1-49H. The second-order valence-corrected chi connectivity index (χ2v) is 23.6. The number of nitrogens with zero attached hydrogens (tertiary/aromatic N) is 3. The average Bonchev–Trinajstić information content (AvgIpc) is 1.53. The van der Waals surface area contributed by atoms with Gasteiger partial charge in [-0.3, -0.25) is 0 Å². The number of rotatable bonds is 6. The Labute approximate surface area is 503 Å². The molecule has 0 aliphatic heterocycles. The van der Waals surface area contributed by atoms with E-state index in [4.69, 9.17) is 19.4 Å². The van der Waals surface area contributed by atoms with Gasteiger partial charge in [0.05, 0.1) is 33.3 Å². The van der Waals surface area contributed by atoms with Gasteiger partial charge < -0.3 is 4.42 Å². The normalized spacial score (nSPS) is 13.7. The molecular formula is C83H49N3O. The maximum absolute atomic E-state index is 6.12. The summed E-state index contributed by atoms with van der Waals surface area (Å²) in [6.07, 6.45) is 0. The highest BCUT2D eigenvalue weighted by Crippen LogP contribution is 2.65. The Morgan fingerprint density at radius 2 is 0.529 bits per heavy atom. The first-order valence-electron chi connectivity index (χ1n) is 30.0. The van der Waals surface area contributed by atoms with E-state index in [2.05, 4.69) is 273 Å². The third-order valence-electron chi connectivity index (χ3n) is 19.4. The molecule has 0 amide bonds. The fourth-order valence-corrected chi connectivity index (χ4v) is 15.7. The van der Waals surface area contributed by atoms with Crippen LogP contribution in [-0.2, 0) is 10.8 Å². The molecule has 0 unspecified atom stereocenters. The van der Waals surface area contributed by atoms with Gasteiger partial charge in [0.25, 0.3) is 0 Å². The van der Waals surface area contributed by atoms with E-state index in [-0.39, 0.29) is 0 Å². The lowest BCUT2D eigenvalue weighted by Crippen LogP contribution is -2.25. The smallest absolute Gasteiger partial charge is 0.227 e. The number of hydrogen-bond donors (Lipinski definition) is 0. The molecule has 4 aliphatic carbocycles. The number of oxazole rings is 1. The summed E-state index contributed by atoms with van der Waals surface area (Å²) in [5.74, 6) is 0.612. The average molecular weight is 1100 g/mol. The van der Waals surface area contributed by atoms with Crippen molar-refractivity contribution in [1.82, 2.24) is 15.0 Å². The van der Waals surface area contributed by atoms with E-state index in [1.807, 2.05) is 24.3 Å². The van der Waals surface area contributed by atoms with E-state index < -0.39 is 10.8 Å². The van der Waals surface area contributed by atoms with Gasteiger partial charge in [-0.25, -0.2) is 15.0 Å². The molecule has 4 heteroatoms. The van der Waals surface area contributed by atoms with E-state index in [9.17, 15) is 0 Å². The molecular weight excluding hydrogens is 1050 g/mol. The van der Waals surface area contributed by atoms with Crippen molar-refractivity contribution in [2.24, 2.45) is 0 Å². The zero-order valence-corrected chi connectivity index (χ0v) is 47.0. The molecule has 0 saturated carbocycles. The number of aromatic nitrogens is 3. The van der Waals surface area contributed by atoms with Crippen LogP contribution < -0.4 is 0 Å². The molecule has 19 rings (SSSR count). The first-order valence-corrected chi connectivity index (χ1v) is 30.0. The second-order valence-electron chi connectivity index (χ2n) is 23.6. The minimum atomic E-state index is -0.515. The molecule has 2 heterocycles. The maximum Gasteiger partial charge on any atom is 0.227 e. The van der Waals surface area contributed by atoms with Crippen LogP contribution in [0, 0.1) is 0 Å². The van der Waals surface area contributed by atoms with Crippen LogP contribution in [0.15, 0.2) is 302 Å². The Bertz CT molecular complexity index is 5240. The van der Waals surface area contributed by atoms with Gasteiger partial charge in [0.2, 0.25) is 5.89 Å². The van der Waals surface area contributed by atoms with Crippen LogP contribution in [0.1, 0.15) is 44.5 Å². The van der Waals surface area contributed by atoms with Crippen LogP contribution in [0.2, 0.25) is 0 Å². The lowest BCUT2D eigenvalue weighted by Gasteiger charge is -2.31. The Hall–Kier alpha value is -11.3. The molecule has 0 fully saturated rings. The summed E-state index contributed by atoms with van der Waals surface area (Å²) in [5.41, 5.74) is 34.2. The Balaban J connectivity index is 0.829. The predicted octanol–water partition coefficient (Wildman–Crippen LogP) is 20.5. The molecule has 2 spiro atoms. The number of benzene rings is 13. The molecule has 402 valence electrons. The van der Waals surface area contributed by atoms with E-state index in [1.165, 1.54) is 89.0 Å². The van der Waals surface area contributed by atoms with Gasteiger partial charge in [0, 0.05) is 16.7 Å². The van der Waals surface area contributed by atoms with Crippen LogP contribution in [0.4, 0.5) is 0 Å². The molecule has 13 aromatic carbocycles. The monoisotopic (exact) mass is 1100 g/mol. The van der Waals surface area contributed by atoms with Crippen LogP contribution in [-0.4, -0.2) is 15.0 Å². The number of fused-ring (bicyclic) bond motifs is 22. The Kier molecular flexibility index (Phi) is 10.00. The predicted molar refractivity (Wildman–Crippen MR) is 352 cm³/mol. The molecule has 0 bridgehead atoms. The van der Waals surface area contributed by atoms with Gasteiger partial charge in [-0.1, -0.05) is 249 Å². The zero-order valence-electron chi connectivity index (χ0n) is 47.0. The number of hydrogen-bond acceptors (Lipinski definition) is 4. The lowest BCUT2D eigenvalue weighted by molar-refractivity contribution is 0.620. The summed E-state index contributed by atoms with van der Waals surface area (Å²) in [4.78, 5) is 16.2. The Morgan fingerprint density at radius 1 is 0.207 bits per heavy atom. The highest BCUT2D eigenvalue weighted by atomic mass is 16.3. The topological polar surface area (TPSA) is 51.8 Å². The van der Waals surface area contributed by atoms with E-state index in [1.54, 1.807) is 0 Å². The van der Waals surface area contributed by atoms with Gasteiger partial charge >= 0.3 is 0 Å². The molecule has 0 saturated heterocycles. The fraction of sp³-hybridized carbons (Fsp3) is 0.0241. The maximum atomic E-state index is 6.12. The minimum Gasteiger partial charge on any atom is -0.436 e. The zero-order chi connectivity index (χ0) is 57.0. The van der Waals surface area contributed by atoms with Crippen LogP contribution in [0.25, 0.3) is 134 Å². The molecule has 87 heavy (non-hydrogen) atoms. The molecule has 4 nitrogen and oxygen atoms in total. The van der Waals surface area contributed by atoms with Crippen LogP contribution in [0.3, 0.4) is 0 Å². The lowest BCUT2D eigenvalue weighted by atomic mass is 9.70. The summed E-state index contributed by atoms with van der Waals surface area (Å²) in [6.45, 7) is 0. The van der Waals surface area contributed by atoms with Crippen molar-refractivity contribution in [3.8, 4) is 112 Å². The van der Waals surface area contributed by atoms with Crippen LogP contribution in [0.5, 0.6) is 0 Å². The van der Waals surface area contributed by atoms with Crippen molar-refractivity contribution in [2.45, 2.75) is 10.8 Å². The highest BCUT2D eigenvalue weighted by Gasteiger charge is 2.53. The molecule has 2 aromatic heterocycles. The molecule has 0 radical (unpaired) electrons. The minimum absolute atomic E-state index is 0.512. The van der Waals surface area contributed by atoms with Crippen molar-refractivity contribution in [3.05, 3.63) is 342 Å². The number of para-hydroxylation sites is 2. The molecule has 15 aromatic rings. The van der Waals surface area contributed by atoms with Gasteiger partial charge in [0.15, 0.2) is 5.58 Å². The summed E-state index contributed by atoms with van der Waals surface area (Å²) in [6, 6.07) is 109. The second kappa shape index (κ2) is 18.1. The van der Waals surface area contributed by atoms with E-state index >= 15 is 0 Å². The van der Waals surface area contributed by atoms with Crippen molar-refractivity contribution in [1.29, 1.82) is 0 Å². The molecule has 0 atom stereocenters. The van der Waals surface area contributed by atoms with Gasteiger partial charge in [0.1, 0.15) is 5.52 Å².